The quantitative estimate of drug-likeness (QED) is 0.465. The van der Waals surface area contributed by atoms with E-state index in [4.69, 9.17) is 10.9 Å². The summed E-state index contributed by atoms with van der Waals surface area (Å²) in [4.78, 5) is 12.3. The number of carbonyl (C=O) groups is 1. The van der Waals surface area contributed by atoms with Gasteiger partial charge >= 0.3 is 0 Å². The van der Waals surface area contributed by atoms with E-state index in [2.05, 4.69) is 15.4 Å². The number of hydrogen-bond acceptors (Lipinski definition) is 6. The summed E-state index contributed by atoms with van der Waals surface area (Å²) in [7, 11) is 0. The van der Waals surface area contributed by atoms with Crippen molar-refractivity contribution in [2.45, 2.75) is 13.1 Å². The molecule has 0 aliphatic carbocycles. The Hall–Kier alpha value is -3.24. The molecule has 3 rings (SSSR count). The highest BCUT2D eigenvalue weighted by Gasteiger charge is 2.17. The van der Waals surface area contributed by atoms with Crippen molar-refractivity contribution in [2.24, 2.45) is 5.73 Å². The number of tetrazole rings is 1. The number of hydroxylamine groups is 1. The fourth-order valence-corrected chi connectivity index (χ4v) is 2.31. The normalized spacial score (nSPS) is 10.8. The van der Waals surface area contributed by atoms with Gasteiger partial charge in [-0.3, -0.25) is 10.0 Å². The van der Waals surface area contributed by atoms with Gasteiger partial charge in [0.1, 0.15) is 11.6 Å². The number of rotatable bonds is 5. The zero-order valence-electron chi connectivity index (χ0n) is 13.4. The van der Waals surface area contributed by atoms with Crippen molar-refractivity contribution in [1.29, 1.82) is 0 Å². The number of hydrogen-bond donors (Lipinski definition) is 3. The molecule has 1 heterocycles. The van der Waals surface area contributed by atoms with Gasteiger partial charge in [-0.05, 0) is 22.9 Å². The minimum Gasteiger partial charge on any atom is -0.326 e. The second-order valence-corrected chi connectivity index (χ2v) is 5.40. The lowest BCUT2D eigenvalue weighted by Crippen LogP contribution is -2.19. The van der Waals surface area contributed by atoms with Gasteiger partial charge in [0.2, 0.25) is 5.82 Å². The molecule has 0 saturated heterocycles. The molecule has 10 heteroatoms. The second kappa shape index (κ2) is 7.33. The largest absolute Gasteiger partial charge is 0.326 e. The monoisotopic (exact) mass is 360 g/mol. The molecular weight excluding hydrogens is 346 g/mol. The lowest BCUT2D eigenvalue weighted by molar-refractivity contribution is 0.0705. The number of nitrogens with two attached hydrogens (primary N) is 1. The Balaban J connectivity index is 1.83. The molecule has 8 nitrogen and oxygen atoms in total. The molecule has 4 N–H and O–H groups in total. The van der Waals surface area contributed by atoms with Crippen LogP contribution in [-0.2, 0) is 13.1 Å². The van der Waals surface area contributed by atoms with Crippen molar-refractivity contribution >= 4 is 5.91 Å². The molecule has 0 atom stereocenters. The van der Waals surface area contributed by atoms with Crippen LogP contribution in [0.3, 0.4) is 0 Å². The van der Waals surface area contributed by atoms with E-state index in [1.807, 2.05) is 12.1 Å². The van der Waals surface area contributed by atoms with E-state index < -0.39 is 17.5 Å². The first kappa shape index (κ1) is 17.6. The first-order chi connectivity index (χ1) is 12.5. The Morgan fingerprint density at radius 3 is 2.42 bits per heavy atom. The van der Waals surface area contributed by atoms with E-state index in [-0.39, 0.29) is 17.7 Å². The van der Waals surface area contributed by atoms with Crippen LogP contribution in [-0.4, -0.2) is 31.3 Å². The SMILES string of the molecule is NCc1ccc(-c2nnn(Cc3c(F)cc(C(=O)NO)cc3F)n2)cc1. The zero-order chi connectivity index (χ0) is 18.7. The molecular formula is C16H14F2N6O2. The van der Waals surface area contributed by atoms with Crippen molar-refractivity contribution in [3.8, 4) is 11.4 Å². The third-order valence-electron chi connectivity index (χ3n) is 3.70. The maximum Gasteiger partial charge on any atom is 0.274 e. The third-order valence-corrected chi connectivity index (χ3v) is 3.70. The number of nitrogens with zero attached hydrogens (tertiary/aromatic N) is 4. The molecule has 0 radical (unpaired) electrons. The number of amides is 1. The molecule has 2 aromatic carbocycles. The van der Waals surface area contributed by atoms with Crippen LogP contribution in [0.4, 0.5) is 8.78 Å². The molecule has 0 unspecified atom stereocenters. The molecule has 0 fully saturated rings. The van der Waals surface area contributed by atoms with Crippen LogP contribution in [0.5, 0.6) is 0 Å². The van der Waals surface area contributed by atoms with Crippen molar-refractivity contribution < 1.29 is 18.8 Å². The number of benzene rings is 2. The van der Waals surface area contributed by atoms with E-state index in [1.54, 1.807) is 12.1 Å². The van der Waals surface area contributed by atoms with Gasteiger partial charge in [0.05, 0.1) is 6.54 Å². The lowest BCUT2D eigenvalue weighted by Gasteiger charge is -2.06. The van der Waals surface area contributed by atoms with Gasteiger partial charge in [-0.2, -0.15) is 4.80 Å². The van der Waals surface area contributed by atoms with Gasteiger partial charge in [-0.15, -0.1) is 10.2 Å². The lowest BCUT2D eigenvalue weighted by atomic mass is 10.1. The summed E-state index contributed by atoms with van der Waals surface area (Å²) >= 11 is 0. The molecule has 1 aromatic heterocycles. The number of carbonyl (C=O) groups excluding carboxylic acids is 1. The van der Waals surface area contributed by atoms with Gasteiger partial charge in [-0.25, -0.2) is 14.3 Å². The molecule has 0 spiro atoms. The highest BCUT2D eigenvalue weighted by atomic mass is 19.1. The third kappa shape index (κ3) is 3.55. The average Bonchev–Trinajstić information content (AvgIpc) is 3.12. The van der Waals surface area contributed by atoms with Crippen LogP contribution >= 0.6 is 0 Å². The van der Waals surface area contributed by atoms with Crippen LogP contribution in [0.1, 0.15) is 21.5 Å². The predicted molar refractivity (Wildman–Crippen MR) is 85.9 cm³/mol. The van der Waals surface area contributed by atoms with Crippen molar-refractivity contribution in [1.82, 2.24) is 25.7 Å². The highest BCUT2D eigenvalue weighted by molar-refractivity contribution is 5.93. The molecule has 0 aliphatic heterocycles. The van der Waals surface area contributed by atoms with Crippen molar-refractivity contribution in [3.05, 3.63) is 64.7 Å². The maximum atomic E-state index is 14.1. The van der Waals surface area contributed by atoms with Gasteiger partial charge < -0.3 is 5.73 Å². The van der Waals surface area contributed by atoms with Crippen LogP contribution in [0.25, 0.3) is 11.4 Å². The summed E-state index contributed by atoms with van der Waals surface area (Å²) in [6.45, 7) is 0.0931. The molecule has 0 aliphatic rings. The molecule has 0 bridgehead atoms. The maximum absolute atomic E-state index is 14.1. The summed E-state index contributed by atoms with van der Waals surface area (Å²) in [6, 6.07) is 8.81. The predicted octanol–water partition coefficient (Wildman–Crippen LogP) is 1.24. The van der Waals surface area contributed by atoms with Crippen molar-refractivity contribution in [2.75, 3.05) is 0 Å². The molecule has 0 saturated carbocycles. The van der Waals surface area contributed by atoms with Crippen LogP contribution < -0.4 is 11.2 Å². The van der Waals surface area contributed by atoms with E-state index in [0.717, 1.165) is 22.5 Å². The number of nitrogens with one attached hydrogen (secondary N) is 1. The summed E-state index contributed by atoms with van der Waals surface area (Å²) in [5.74, 6) is -2.65. The Morgan fingerprint density at radius 2 is 1.85 bits per heavy atom. The van der Waals surface area contributed by atoms with Gasteiger partial charge in [-0.1, -0.05) is 24.3 Å². The van der Waals surface area contributed by atoms with Crippen molar-refractivity contribution in [3.63, 3.8) is 0 Å². The second-order valence-electron chi connectivity index (χ2n) is 5.40. The number of halogens is 2. The molecule has 1 amide bonds. The van der Waals surface area contributed by atoms with Crippen LogP contribution in [0.15, 0.2) is 36.4 Å². The van der Waals surface area contributed by atoms with E-state index >= 15 is 0 Å². The first-order valence-corrected chi connectivity index (χ1v) is 7.51. The summed E-state index contributed by atoms with van der Waals surface area (Å²) in [5.41, 5.74) is 7.80. The minimum atomic E-state index is -1.02. The fourth-order valence-electron chi connectivity index (χ4n) is 2.31. The fraction of sp³-hybridized carbons (Fsp3) is 0.125. The minimum absolute atomic E-state index is 0.297. The molecule has 134 valence electrons. The highest BCUT2D eigenvalue weighted by Crippen LogP contribution is 2.18. The Kier molecular flexibility index (Phi) is 4.96. The summed E-state index contributed by atoms with van der Waals surface area (Å²) < 4.78 is 28.2. The zero-order valence-corrected chi connectivity index (χ0v) is 13.4. The van der Waals surface area contributed by atoms with Gasteiger partial charge in [0.25, 0.3) is 5.91 Å². The Morgan fingerprint density at radius 1 is 1.19 bits per heavy atom. The van der Waals surface area contributed by atoms with Gasteiger partial charge in [0, 0.05) is 23.2 Å². The van der Waals surface area contributed by atoms with Gasteiger partial charge in [0.15, 0.2) is 0 Å². The number of aromatic nitrogens is 4. The Bertz CT molecular complexity index is 919. The summed E-state index contributed by atoms with van der Waals surface area (Å²) in [6.07, 6.45) is 0. The van der Waals surface area contributed by atoms with E-state index in [1.165, 1.54) is 5.48 Å². The summed E-state index contributed by atoms with van der Waals surface area (Å²) in [5, 5.41) is 20.3. The Labute approximate surface area is 146 Å². The smallest absolute Gasteiger partial charge is 0.274 e. The van der Waals surface area contributed by atoms with Crippen LogP contribution in [0.2, 0.25) is 0 Å². The topological polar surface area (TPSA) is 119 Å². The van der Waals surface area contributed by atoms with E-state index in [0.29, 0.717) is 17.9 Å². The average molecular weight is 360 g/mol. The first-order valence-electron chi connectivity index (χ1n) is 7.51. The van der Waals surface area contributed by atoms with E-state index in [9.17, 15) is 13.6 Å². The standard InChI is InChI=1S/C16H14F2N6O2/c17-13-5-11(16(25)22-26)6-14(18)12(13)8-24-21-15(20-23-24)10-3-1-9(7-19)2-4-10/h1-6,26H,7-8,19H2,(H,22,25). The molecule has 26 heavy (non-hydrogen) atoms. The van der Waals surface area contributed by atoms with Crippen LogP contribution in [0, 0.1) is 11.6 Å². The molecule has 3 aromatic rings.